The van der Waals surface area contributed by atoms with E-state index in [2.05, 4.69) is 24.0 Å². The summed E-state index contributed by atoms with van der Waals surface area (Å²) in [4.78, 5) is 24.3. The zero-order valence-corrected chi connectivity index (χ0v) is 14.7. The second-order valence-electron chi connectivity index (χ2n) is 5.49. The second-order valence-corrected chi connectivity index (χ2v) is 6.80. The predicted molar refractivity (Wildman–Crippen MR) is 93.2 cm³/mol. The molecule has 1 aromatic carbocycles. The third-order valence-corrected chi connectivity index (χ3v) is 4.85. The van der Waals surface area contributed by atoms with Crippen molar-refractivity contribution in [2.75, 3.05) is 0 Å². The van der Waals surface area contributed by atoms with Gasteiger partial charge in [-0.15, -0.1) is 5.10 Å². The van der Waals surface area contributed by atoms with E-state index in [0.717, 1.165) is 19.3 Å². The second kappa shape index (κ2) is 8.15. The number of aromatic nitrogens is 3. The lowest BCUT2D eigenvalue weighted by Crippen LogP contribution is -2.19. The summed E-state index contributed by atoms with van der Waals surface area (Å²) in [6.45, 7) is 6.64. The molecule has 1 unspecified atom stereocenters. The van der Waals surface area contributed by atoms with Crippen molar-refractivity contribution in [3.8, 4) is 0 Å². The molecule has 0 aliphatic carbocycles. The van der Waals surface area contributed by atoms with Gasteiger partial charge in [0.25, 0.3) is 0 Å². The van der Waals surface area contributed by atoms with Crippen molar-refractivity contribution >= 4 is 17.5 Å². The maximum absolute atomic E-state index is 12.5. The monoisotopic (exact) mass is 333 g/mol. The Kier molecular flexibility index (Phi) is 6.21. The maximum Gasteiger partial charge on any atom is 0.343 e. The highest BCUT2D eigenvalue weighted by atomic mass is 32.2. The number of thioether (sulfide) groups is 1. The maximum atomic E-state index is 12.5. The molecule has 2 aromatic rings. The summed E-state index contributed by atoms with van der Waals surface area (Å²) in [5.41, 5.74) is 1.69. The number of carbonyl (C=O) groups is 1. The number of hydrogen-bond donors (Lipinski definition) is 1. The molecule has 1 heterocycles. The van der Waals surface area contributed by atoms with E-state index in [1.807, 2.05) is 31.2 Å². The summed E-state index contributed by atoms with van der Waals surface area (Å²) >= 11 is 1.33. The molecule has 0 amide bonds. The standard InChI is InChI=1S/C17H23N3O2S/c1-4-6-11-20-16(22)18-19-17(20)23-12(3)15(21)14-9-7-13(5-2)8-10-14/h7-10,12H,4-6,11H2,1-3H3,(H,18,22). The fourth-order valence-electron chi connectivity index (χ4n) is 2.26. The molecular formula is C17H23N3O2S. The first-order valence-corrected chi connectivity index (χ1v) is 8.89. The van der Waals surface area contributed by atoms with Gasteiger partial charge in [0.2, 0.25) is 0 Å². The number of aryl methyl sites for hydroxylation is 1. The van der Waals surface area contributed by atoms with Crippen molar-refractivity contribution in [3.05, 3.63) is 45.9 Å². The highest BCUT2D eigenvalue weighted by Crippen LogP contribution is 2.23. The fourth-order valence-corrected chi connectivity index (χ4v) is 3.22. The zero-order chi connectivity index (χ0) is 16.8. The largest absolute Gasteiger partial charge is 0.343 e. The van der Waals surface area contributed by atoms with Gasteiger partial charge < -0.3 is 0 Å². The Hall–Kier alpha value is -1.82. The number of ketones is 1. The van der Waals surface area contributed by atoms with E-state index in [0.29, 0.717) is 17.3 Å². The van der Waals surface area contributed by atoms with Gasteiger partial charge in [-0.3, -0.25) is 9.36 Å². The van der Waals surface area contributed by atoms with Crippen LogP contribution in [0.15, 0.2) is 34.2 Å². The van der Waals surface area contributed by atoms with Crippen LogP contribution in [0.4, 0.5) is 0 Å². The van der Waals surface area contributed by atoms with E-state index in [1.54, 1.807) is 4.57 Å². The molecule has 0 radical (unpaired) electrons. The molecule has 6 heteroatoms. The van der Waals surface area contributed by atoms with Crippen LogP contribution in [0, 0.1) is 0 Å². The number of H-pyrrole nitrogens is 1. The summed E-state index contributed by atoms with van der Waals surface area (Å²) < 4.78 is 1.61. The Morgan fingerprint density at radius 1 is 1.30 bits per heavy atom. The summed E-state index contributed by atoms with van der Waals surface area (Å²) in [5, 5.41) is 6.80. The van der Waals surface area contributed by atoms with Crippen molar-refractivity contribution in [1.82, 2.24) is 14.8 Å². The van der Waals surface area contributed by atoms with E-state index in [-0.39, 0.29) is 16.7 Å². The van der Waals surface area contributed by atoms with Crippen molar-refractivity contribution < 1.29 is 4.79 Å². The van der Waals surface area contributed by atoms with Gasteiger partial charge in [0, 0.05) is 12.1 Å². The molecule has 1 N–H and O–H groups in total. The number of aromatic amines is 1. The van der Waals surface area contributed by atoms with Crippen molar-refractivity contribution in [2.45, 2.75) is 57.0 Å². The first-order chi connectivity index (χ1) is 11.1. The number of unbranched alkanes of at least 4 members (excludes halogenated alkanes) is 1. The van der Waals surface area contributed by atoms with Gasteiger partial charge in [0.05, 0.1) is 5.25 Å². The van der Waals surface area contributed by atoms with Crippen LogP contribution < -0.4 is 5.69 Å². The topological polar surface area (TPSA) is 67.8 Å². The average Bonchev–Trinajstić information content (AvgIpc) is 2.92. The van der Waals surface area contributed by atoms with Crippen LogP contribution >= 0.6 is 11.8 Å². The lowest BCUT2D eigenvalue weighted by molar-refractivity contribution is 0.0994. The minimum atomic E-state index is -0.293. The first kappa shape index (κ1) is 17.5. The van der Waals surface area contributed by atoms with Crippen LogP contribution in [-0.2, 0) is 13.0 Å². The molecule has 0 bridgehead atoms. The summed E-state index contributed by atoms with van der Waals surface area (Å²) in [6.07, 6.45) is 2.86. The van der Waals surface area contributed by atoms with Crippen LogP contribution in [0.2, 0.25) is 0 Å². The Bertz CT molecular complexity index is 703. The molecule has 1 aromatic heterocycles. The molecule has 0 aliphatic rings. The number of benzene rings is 1. The SMILES string of the molecule is CCCCn1c(SC(C)C(=O)c2ccc(CC)cc2)n[nH]c1=O. The van der Waals surface area contributed by atoms with Gasteiger partial charge >= 0.3 is 5.69 Å². The van der Waals surface area contributed by atoms with Crippen LogP contribution in [-0.4, -0.2) is 25.8 Å². The van der Waals surface area contributed by atoms with Gasteiger partial charge in [0.15, 0.2) is 10.9 Å². The van der Waals surface area contributed by atoms with Gasteiger partial charge in [-0.2, -0.15) is 0 Å². The molecular weight excluding hydrogens is 310 g/mol. The average molecular weight is 333 g/mol. The smallest absolute Gasteiger partial charge is 0.293 e. The number of nitrogens with zero attached hydrogens (tertiary/aromatic N) is 2. The van der Waals surface area contributed by atoms with Crippen LogP contribution in [0.3, 0.4) is 0 Å². The minimum Gasteiger partial charge on any atom is -0.293 e. The van der Waals surface area contributed by atoms with E-state index in [9.17, 15) is 9.59 Å². The number of Topliss-reactive ketones (excluding diaryl/α,β-unsaturated/α-hetero) is 1. The Morgan fingerprint density at radius 2 is 2.00 bits per heavy atom. The lowest BCUT2D eigenvalue weighted by atomic mass is 10.1. The normalized spacial score (nSPS) is 12.3. The lowest BCUT2D eigenvalue weighted by Gasteiger charge is -2.11. The van der Waals surface area contributed by atoms with E-state index >= 15 is 0 Å². The number of hydrogen-bond acceptors (Lipinski definition) is 4. The molecule has 1 atom stereocenters. The van der Waals surface area contributed by atoms with Gasteiger partial charge in [-0.1, -0.05) is 56.3 Å². The van der Waals surface area contributed by atoms with Gasteiger partial charge in [0.1, 0.15) is 0 Å². The first-order valence-electron chi connectivity index (χ1n) is 8.01. The number of carbonyl (C=O) groups excluding carboxylic acids is 1. The van der Waals surface area contributed by atoms with Gasteiger partial charge in [-0.05, 0) is 25.3 Å². The molecule has 0 fully saturated rings. The van der Waals surface area contributed by atoms with Gasteiger partial charge in [-0.25, -0.2) is 9.89 Å². The Balaban J connectivity index is 2.10. The third-order valence-electron chi connectivity index (χ3n) is 3.76. The van der Waals surface area contributed by atoms with Crippen LogP contribution in [0.5, 0.6) is 0 Å². The van der Waals surface area contributed by atoms with E-state index in [1.165, 1.54) is 17.3 Å². The van der Waals surface area contributed by atoms with E-state index in [4.69, 9.17) is 0 Å². The quantitative estimate of drug-likeness (QED) is 0.594. The summed E-state index contributed by atoms with van der Waals surface area (Å²) in [7, 11) is 0. The summed E-state index contributed by atoms with van der Waals surface area (Å²) in [5.74, 6) is 0.0511. The Morgan fingerprint density at radius 3 is 2.61 bits per heavy atom. The summed E-state index contributed by atoms with van der Waals surface area (Å²) in [6, 6.07) is 7.70. The Labute approximate surface area is 140 Å². The highest BCUT2D eigenvalue weighted by molar-refractivity contribution is 8.00. The van der Waals surface area contributed by atoms with E-state index < -0.39 is 0 Å². The minimum absolute atomic E-state index is 0.0511. The van der Waals surface area contributed by atoms with Crippen LogP contribution in [0.1, 0.15) is 49.5 Å². The molecule has 23 heavy (non-hydrogen) atoms. The third kappa shape index (κ3) is 4.34. The zero-order valence-electron chi connectivity index (χ0n) is 13.8. The fraction of sp³-hybridized carbons (Fsp3) is 0.471. The molecule has 0 saturated heterocycles. The van der Waals surface area contributed by atoms with Crippen molar-refractivity contribution in [2.24, 2.45) is 0 Å². The molecule has 0 aliphatic heterocycles. The molecule has 0 saturated carbocycles. The molecule has 5 nitrogen and oxygen atoms in total. The van der Waals surface area contributed by atoms with Crippen molar-refractivity contribution in [1.29, 1.82) is 0 Å². The number of rotatable bonds is 8. The van der Waals surface area contributed by atoms with Crippen LogP contribution in [0.25, 0.3) is 0 Å². The number of nitrogens with one attached hydrogen (secondary N) is 1. The highest BCUT2D eigenvalue weighted by Gasteiger charge is 2.20. The predicted octanol–water partition coefficient (Wildman–Crippen LogP) is 3.30. The van der Waals surface area contributed by atoms with Crippen molar-refractivity contribution in [3.63, 3.8) is 0 Å². The molecule has 0 spiro atoms. The molecule has 2 rings (SSSR count). The molecule has 124 valence electrons.